The molecule has 5 heteroatoms. The van der Waals surface area contributed by atoms with Crippen LogP contribution in [-0.4, -0.2) is 30.6 Å². The van der Waals surface area contributed by atoms with Crippen LogP contribution in [0, 0.1) is 0 Å². The number of anilines is 1. The Kier molecular flexibility index (Phi) is 3.86. The molecule has 0 spiro atoms. The fourth-order valence-corrected chi connectivity index (χ4v) is 2.24. The van der Waals surface area contributed by atoms with Gasteiger partial charge in [0, 0.05) is 42.3 Å². The Bertz CT molecular complexity index is 423. The van der Waals surface area contributed by atoms with Gasteiger partial charge in [-0.15, -0.1) is 0 Å². The number of benzene rings is 1. The Hall–Kier alpha value is -1.26. The average Bonchev–Trinajstić information content (AvgIpc) is 2.54. The lowest BCUT2D eigenvalue weighted by Crippen LogP contribution is -2.29. The van der Waals surface area contributed by atoms with Crippen molar-refractivity contribution < 1.29 is 9.90 Å². The van der Waals surface area contributed by atoms with Gasteiger partial charge in [-0.25, -0.2) is 0 Å². The van der Waals surface area contributed by atoms with Crippen molar-refractivity contribution in [3.05, 3.63) is 28.8 Å². The molecule has 17 heavy (non-hydrogen) atoms. The topological polar surface area (TPSA) is 52.6 Å². The van der Waals surface area contributed by atoms with E-state index in [2.05, 4.69) is 10.2 Å². The first kappa shape index (κ1) is 12.2. The number of carbonyl (C=O) groups is 1. The van der Waals surface area contributed by atoms with Crippen LogP contribution in [-0.2, 0) is 11.4 Å². The lowest BCUT2D eigenvalue weighted by Gasteiger charge is -2.24. The zero-order valence-corrected chi connectivity index (χ0v) is 10.2. The molecule has 1 saturated heterocycles. The molecular weight excluding hydrogens is 240 g/mol. The quantitative estimate of drug-likeness (QED) is 0.833. The van der Waals surface area contributed by atoms with E-state index in [9.17, 15) is 9.90 Å². The highest BCUT2D eigenvalue weighted by atomic mass is 35.5. The monoisotopic (exact) mass is 254 g/mol. The maximum atomic E-state index is 11.3. The number of rotatable bonds is 2. The van der Waals surface area contributed by atoms with Crippen molar-refractivity contribution in [2.75, 3.05) is 24.5 Å². The van der Waals surface area contributed by atoms with Crippen LogP contribution in [0.1, 0.15) is 12.0 Å². The molecule has 1 aliphatic heterocycles. The summed E-state index contributed by atoms with van der Waals surface area (Å²) in [5.41, 5.74) is 1.64. The molecule has 1 aromatic rings. The number of aliphatic hydroxyl groups is 1. The van der Waals surface area contributed by atoms with Crippen LogP contribution in [0.3, 0.4) is 0 Å². The minimum atomic E-state index is -0.0904. The van der Waals surface area contributed by atoms with Gasteiger partial charge in [0.2, 0.25) is 5.91 Å². The molecular formula is C12H15ClN2O2. The van der Waals surface area contributed by atoms with E-state index in [0.717, 1.165) is 17.8 Å². The number of amides is 1. The SMILES string of the molecule is O=C1CCN(c2cccc(Cl)c2CO)CCN1. The van der Waals surface area contributed by atoms with E-state index in [1.807, 2.05) is 12.1 Å². The fourth-order valence-electron chi connectivity index (χ4n) is 2.01. The smallest absolute Gasteiger partial charge is 0.221 e. The Labute approximate surface area is 105 Å². The van der Waals surface area contributed by atoms with E-state index in [1.165, 1.54) is 0 Å². The number of hydrogen-bond acceptors (Lipinski definition) is 3. The summed E-state index contributed by atoms with van der Waals surface area (Å²) in [6, 6.07) is 5.54. The van der Waals surface area contributed by atoms with E-state index in [4.69, 9.17) is 11.6 Å². The molecule has 0 saturated carbocycles. The van der Waals surface area contributed by atoms with Crippen molar-refractivity contribution in [3.63, 3.8) is 0 Å². The molecule has 1 aliphatic rings. The van der Waals surface area contributed by atoms with Crippen molar-refractivity contribution in [3.8, 4) is 0 Å². The lowest BCUT2D eigenvalue weighted by atomic mass is 10.1. The Balaban J connectivity index is 2.26. The summed E-state index contributed by atoms with van der Waals surface area (Å²) in [6.45, 7) is 1.92. The van der Waals surface area contributed by atoms with Crippen molar-refractivity contribution in [1.82, 2.24) is 5.32 Å². The minimum absolute atomic E-state index is 0.0695. The third-order valence-electron chi connectivity index (χ3n) is 2.91. The average molecular weight is 255 g/mol. The van der Waals surface area contributed by atoms with Gasteiger partial charge in [0.15, 0.2) is 0 Å². The van der Waals surface area contributed by atoms with Crippen LogP contribution in [0.2, 0.25) is 5.02 Å². The molecule has 1 fully saturated rings. The van der Waals surface area contributed by atoms with Crippen LogP contribution >= 0.6 is 11.6 Å². The minimum Gasteiger partial charge on any atom is -0.392 e. The molecule has 0 aliphatic carbocycles. The molecule has 0 unspecified atom stereocenters. The van der Waals surface area contributed by atoms with Crippen molar-refractivity contribution in [1.29, 1.82) is 0 Å². The van der Waals surface area contributed by atoms with Gasteiger partial charge < -0.3 is 15.3 Å². The predicted octanol–water partition coefficient (Wildman–Crippen LogP) is 1.16. The summed E-state index contributed by atoms with van der Waals surface area (Å²) in [5.74, 6) is 0.0695. The van der Waals surface area contributed by atoms with Gasteiger partial charge in [-0.3, -0.25) is 4.79 Å². The van der Waals surface area contributed by atoms with Gasteiger partial charge in [-0.05, 0) is 12.1 Å². The van der Waals surface area contributed by atoms with E-state index >= 15 is 0 Å². The molecule has 0 aromatic heterocycles. The molecule has 2 rings (SSSR count). The zero-order valence-electron chi connectivity index (χ0n) is 9.45. The third-order valence-corrected chi connectivity index (χ3v) is 3.26. The molecule has 0 bridgehead atoms. The number of nitrogens with zero attached hydrogens (tertiary/aromatic N) is 1. The second kappa shape index (κ2) is 5.38. The summed E-state index contributed by atoms with van der Waals surface area (Å²) in [5, 5.41) is 12.7. The lowest BCUT2D eigenvalue weighted by molar-refractivity contribution is -0.120. The molecule has 0 radical (unpaired) electrons. The first-order chi connectivity index (χ1) is 8.22. The largest absolute Gasteiger partial charge is 0.392 e. The summed E-state index contributed by atoms with van der Waals surface area (Å²) in [4.78, 5) is 13.3. The van der Waals surface area contributed by atoms with Crippen LogP contribution in [0.25, 0.3) is 0 Å². The maximum absolute atomic E-state index is 11.3. The fraction of sp³-hybridized carbons (Fsp3) is 0.417. The number of hydrogen-bond donors (Lipinski definition) is 2. The van der Waals surface area contributed by atoms with E-state index in [1.54, 1.807) is 6.07 Å². The van der Waals surface area contributed by atoms with E-state index in [0.29, 0.717) is 24.5 Å². The Morgan fingerprint density at radius 2 is 2.24 bits per heavy atom. The van der Waals surface area contributed by atoms with Gasteiger partial charge in [-0.1, -0.05) is 17.7 Å². The second-order valence-electron chi connectivity index (χ2n) is 3.98. The van der Waals surface area contributed by atoms with Crippen molar-refractivity contribution >= 4 is 23.2 Å². The first-order valence-corrected chi connectivity index (χ1v) is 6.00. The molecule has 92 valence electrons. The van der Waals surface area contributed by atoms with Crippen LogP contribution in [0.4, 0.5) is 5.69 Å². The van der Waals surface area contributed by atoms with Gasteiger partial charge in [0.05, 0.1) is 6.61 Å². The summed E-state index contributed by atoms with van der Waals surface area (Å²) < 4.78 is 0. The third kappa shape index (κ3) is 2.70. The van der Waals surface area contributed by atoms with Crippen molar-refractivity contribution in [2.45, 2.75) is 13.0 Å². The molecule has 1 heterocycles. The zero-order chi connectivity index (χ0) is 12.3. The second-order valence-corrected chi connectivity index (χ2v) is 4.39. The number of aliphatic hydroxyl groups excluding tert-OH is 1. The van der Waals surface area contributed by atoms with Crippen LogP contribution in [0.5, 0.6) is 0 Å². The summed E-state index contributed by atoms with van der Waals surface area (Å²) in [7, 11) is 0. The highest BCUT2D eigenvalue weighted by molar-refractivity contribution is 6.31. The maximum Gasteiger partial charge on any atom is 0.221 e. The van der Waals surface area contributed by atoms with E-state index < -0.39 is 0 Å². The van der Waals surface area contributed by atoms with E-state index in [-0.39, 0.29) is 12.5 Å². The van der Waals surface area contributed by atoms with Crippen LogP contribution < -0.4 is 10.2 Å². The standard InChI is InChI=1S/C12H15ClN2O2/c13-10-2-1-3-11(9(10)8-16)15-6-4-12(17)14-5-7-15/h1-3,16H,4-8H2,(H,14,17). The molecule has 1 aromatic carbocycles. The highest BCUT2D eigenvalue weighted by Gasteiger charge is 2.17. The number of carbonyl (C=O) groups excluding carboxylic acids is 1. The number of nitrogens with one attached hydrogen (secondary N) is 1. The predicted molar refractivity (Wildman–Crippen MR) is 67.2 cm³/mol. The molecule has 4 nitrogen and oxygen atoms in total. The van der Waals surface area contributed by atoms with Gasteiger partial charge in [0.1, 0.15) is 0 Å². The van der Waals surface area contributed by atoms with Crippen molar-refractivity contribution in [2.24, 2.45) is 0 Å². The molecule has 1 amide bonds. The summed E-state index contributed by atoms with van der Waals surface area (Å²) in [6.07, 6.45) is 0.470. The molecule has 0 atom stereocenters. The van der Waals surface area contributed by atoms with Gasteiger partial charge in [0.25, 0.3) is 0 Å². The van der Waals surface area contributed by atoms with Crippen LogP contribution in [0.15, 0.2) is 18.2 Å². The highest BCUT2D eigenvalue weighted by Crippen LogP contribution is 2.27. The molecule has 2 N–H and O–H groups in total. The summed E-state index contributed by atoms with van der Waals surface area (Å²) >= 11 is 6.05. The number of halogens is 1. The Morgan fingerprint density at radius 3 is 3.00 bits per heavy atom. The van der Waals surface area contributed by atoms with Gasteiger partial charge in [-0.2, -0.15) is 0 Å². The Morgan fingerprint density at radius 1 is 1.41 bits per heavy atom. The first-order valence-electron chi connectivity index (χ1n) is 5.62. The van der Waals surface area contributed by atoms with Gasteiger partial charge >= 0.3 is 0 Å². The normalized spacial score (nSPS) is 16.6.